The Labute approximate surface area is 323 Å². The van der Waals surface area contributed by atoms with Crippen molar-refractivity contribution in [3.63, 3.8) is 0 Å². The first-order valence-electron chi connectivity index (χ1n) is 18.0. The van der Waals surface area contributed by atoms with E-state index in [1.54, 1.807) is 52.1 Å². The Morgan fingerprint density at radius 3 is 2.35 bits per heavy atom. The Kier molecular flexibility index (Phi) is 13.0. The molecular weight excluding hydrogens is 734 g/mol. The van der Waals surface area contributed by atoms with Crippen LogP contribution in [0.3, 0.4) is 0 Å². The average molecular weight is 786 g/mol. The van der Waals surface area contributed by atoms with E-state index in [1.165, 1.54) is 17.5 Å². The first-order chi connectivity index (χ1) is 25.5. The molecule has 5 rings (SSSR count). The quantitative estimate of drug-likeness (QED) is 0.220. The summed E-state index contributed by atoms with van der Waals surface area (Å²) in [7, 11) is -0.393. The van der Waals surface area contributed by atoms with Crippen LogP contribution in [0.15, 0.2) is 42.6 Å². The fourth-order valence-electron chi connectivity index (χ4n) is 6.56. The lowest BCUT2D eigenvalue weighted by molar-refractivity contribution is -0.131. The van der Waals surface area contributed by atoms with Gasteiger partial charge in [-0.2, -0.15) is 4.98 Å². The van der Waals surface area contributed by atoms with Gasteiger partial charge in [-0.3, -0.25) is 14.0 Å². The van der Waals surface area contributed by atoms with Gasteiger partial charge in [0.1, 0.15) is 22.9 Å². The average Bonchev–Trinajstić information content (AvgIpc) is 3.12. The summed E-state index contributed by atoms with van der Waals surface area (Å²) in [4.78, 5) is 40.3. The standard InChI is InChI=1S/C37H52ClN9O6S/c1-25-20-29(42-35-39-22-27(38)34(43-35)41-28-10-8-9-11-30(28)44(5)54(7,50)51)32(52-6)21-31(25)46-18-16-45(17-19-46)24-26-12-14-47(15-13-26)33(48)23-40-36(49)53-37(2,3)4/h8-11,20-22,26H,12-19,23-24H2,1-7H3,(H,40,49)(H2,39,41,42,43). The minimum absolute atomic E-state index is 0.0554. The number of ether oxygens (including phenoxy) is 2. The molecule has 2 amide bonds. The number of hydrogen-bond acceptors (Lipinski definition) is 12. The van der Waals surface area contributed by atoms with E-state index in [9.17, 15) is 18.0 Å². The number of nitrogens with zero attached hydrogens (tertiary/aromatic N) is 6. The number of sulfonamides is 1. The van der Waals surface area contributed by atoms with E-state index in [-0.39, 0.29) is 23.4 Å². The lowest BCUT2D eigenvalue weighted by atomic mass is 9.95. The highest BCUT2D eigenvalue weighted by atomic mass is 35.5. The van der Waals surface area contributed by atoms with Crippen molar-refractivity contribution in [2.45, 2.75) is 46.1 Å². The molecule has 2 aliphatic heterocycles. The van der Waals surface area contributed by atoms with E-state index in [2.05, 4.69) is 42.6 Å². The second-order valence-electron chi connectivity index (χ2n) is 14.7. The lowest BCUT2D eigenvalue weighted by Gasteiger charge is -2.40. The van der Waals surface area contributed by atoms with Crippen LogP contribution in [0.2, 0.25) is 5.02 Å². The summed E-state index contributed by atoms with van der Waals surface area (Å²) in [6, 6.07) is 11.0. The molecule has 0 saturated carbocycles. The van der Waals surface area contributed by atoms with Crippen molar-refractivity contribution >= 4 is 68.1 Å². The molecule has 2 saturated heterocycles. The maximum atomic E-state index is 12.7. The minimum Gasteiger partial charge on any atom is -0.494 e. The van der Waals surface area contributed by atoms with E-state index in [0.717, 1.165) is 63.1 Å². The largest absolute Gasteiger partial charge is 0.494 e. The fraction of sp³-hybridized carbons (Fsp3) is 0.514. The van der Waals surface area contributed by atoms with Crippen LogP contribution >= 0.6 is 11.6 Å². The number of piperidine rings is 1. The number of aryl methyl sites for hydroxylation is 1. The van der Waals surface area contributed by atoms with Crippen molar-refractivity contribution in [3.05, 3.63) is 53.2 Å². The van der Waals surface area contributed by atoms with Gasteiger partial charge in [-0.25, -0.2) is 18.2 Å². The zero-order valence-corrected chi connectivity index (χ0v) is 33.7. The Morgan fingerprint density at radius 2 is 1.70 bits per heavy atom. The molecular formula is C37H52ClN9O6S. The lowest BCUT2D eigenvalue weighted by Crippen LogP contribution is -2.50. The summed E-state index contributed by atoms with van der Waals surface area (Å²) in [6.07, 6.45) is 3.91. The van der Waals surface area contributed by atoms with Crippen molar-refractivity contribution in [1.82, 2.24) is 25.1 Å². The third-order valence-electron chi connectivity index (χ3n) is 9.48. The number of aromatic nitrogens is 2. The smallest absolute Gasteiger partial charge is 0.408 e. The second-order valence-corrected chi connectivity index (χ2v) is 17.1. The Hall–Kier alpha value is -4.54. The molecule has 2 aliphatic rings. The van der Waals surface area contributed by atoms with Crippen LogP contribution in [0.1, 0.15) is 39.2 Å². The summed E-state index contributed by atoms with van der Waals surface area (Å²) in [5, 5.41) is 9.26. The number of hydrogen-bond donors (Lipinski definition) is 3. The van der Waals surface area contributed by atoms with Crippen LogP contribution in [-0.4, -0.2) is 119 Å². The van der Waals surface area contributed by atoms with Crippen molar-refractivity contribution in [2.75, 3.05) is 92.6 Å². The van der Waals surface area contributed by atoms with E-state index in [0.29, 0.717) is 47.6 Å². The number of halogens is 1. The molecule has 0 spiro atoms. The second kappa shape index (κ2) is 17.3. The van der Waals surface area contributed by atoms with Crippen LogP contribution in [-0.2, 0) is 19.6 Å². The molecule has 0 atom stereocenters. The number of carbonyl (C=O) groups excluding carboxylic acids is 2. The first-order valence-corrected chi connectivity index (χ1v) is 20.2. The third-order valence-corrected chi connectivity index (χ3v) is 11.0. The number of para-hydroxylation sites is 2. The maximum Gasteiger partial charge on any atom is 0.408 e. The van der Waals surface area contributed by atoms with Crippen molar-refractivity contribution in [3.8, 4) is 5.75 Å². The molecule has 54 heavy (non-hydrogen) atoms. The van der Waals surface area contributed by atoms with E-state index in [4.69, 9.17) is 21.1 Å². The van der Waals surface area contributed by atoms with Crippen LogP contribution in [0.25, 0.3) is 0 Å². The molecule has 3 N–H and O–H groups in total. The number of benzene rings is 2. The van der Waals surface area contributed by atoms with Gasteiger partial charge in [0.25, 0.3) is 0 Å². The highest BCUT2D eigenvalue weighted by Crippen LogP contribution is 2.36. The molecule has 0 unspecified atom stereocenters. The normalized spacial score (nSPS) is 15.8. The van der Waals surface area contributed by atoms with Gasteiger partial charge < -0.3 is 35.2 Å². The molecule has 2 fully saturated rings. The minimum atomic E-state index is -3.50. The Morgan fingerprint density at radius 1 is 1.02 bits per heavy atom. The molecule has 0 aliphatic carbocycles. The number of carbonyl (C=O) groups is 2. The van der Waals surface area contributed by atoms with Crippen LogP contribution < -0.4 is 29.9 Å². The molecule has 15 nitrogen and oxygen atoms in total. The first kappa shape index (κ1) is 40.6. The number of piperazine rings is 1. The molecule has 2 aromatic carbocycles. The van der Waals surface area contributed by atoms with Crippen molar-refractivity contribution in [1.29, 1.82) is 0 Å². The summed E-state index contributed by atoms with van der Waals surface area (Å²) in [5.74, 6) is 1.65. The summed E-state index contributed by atoms with van der Waals surface area (Å²) in [6.45, 7) is 13.4. The van der Waals surface area contributed by atoms with Crippen LogP contribution in [0.5, 0.6) is 5.75 Å². The third kappa shape index (κ3) is 10.8. The van der Waals surface area contributed by atoms with Gasteiger partial charge in [0.2, 0.25) is 21.9 Å². The van der Waals surface area contributed by atoms with Crippen LogP contribution in [0.4, 0.5) is 39.3 Å². The molecule has 0 bridgehead atoms. The van der Waals surface area contributed by atoms with Gasteiger partial charge in [-0.15, -0.1) is 0 Å². The maximum absolute atomic E-state index is 12.7. The van der Waals surface area contributed by atoms with Gasteiger partial charge in [-0.05, 0) is 70.2 Å². The monoisotopic (exact) mass is 785 g/mol. The summed E-state index contributed by atoms with van der Waals surface area (Å²) in [5.41, 5.74) is 3.19. The topological polar surface area (TPSA) is 162 Å². The zero-order chi connectivity index (χ0) is 39.2. The molecule has 17 heteroatoms. The Bertz CT molecular complexity index is 1910. The number of alkyl carbamates (subject to hydrolysis) is 1. The van der Waals surface area contributed by atoms with E-state index in [1.807, 2.05) is 17.0 Å². The van der Waals surface area contributed by atoms with Crippen molar-refractivity contribution < 1.29 is 27.5 Å². The molecule has 1 aromatic heterocycles. The van der Waals surface area contributed by atoms with Crippen LogP contribution in [0, 0.1) is 12.8 Å². The van der Waals surface area contributed by atoms with Gasteiger partial charge in [0.15, 0.2) is 5.82 Å². The highest BCUT2D eigenvalue weighted by Gasteiger charge is 2.27. The predicted octanol–water partition coefficient (Wildman–Crippen LogP) is 5.22. The number of anilines is 6. The van der Waals surface area contributed by atoms with E-state index >= 15 is 0 Å². The highest BCUT2D eigenvalue weighted by molar-refractivity contribution is 7.92. The number of rotatable bonds is 12. The van der Waals surface area contributed by atoms with E-state index < -0.39 is 21.7 Å². The number of amides is 2. The molecule has 294 valence electrons. The Balaban J connectivity index is 1.15. The SMILES string of the molecule is COc1cc(N2CCN(CC3CCN(C(=O)CNC(=O)OC(C)(C)C)CC3)CC2)c(C)cc1Nc1ncc(Cl)c(Nc2ccccc2N(C)S(C)(=O)=O)n1. The summed E-state index contributed by atoms with van der Waals surface area (Å²) < 4.78 is 36.7. The van der Waals surface area contributed by atoms with Gasteiger partial charge in [-0.1, -0.05) is 23.7 Å². The van der Waals surface area contributed by atoms with Gasteiger partial charge >= 0.3 is 6.09 Å². The number of nitrogens with one attached hydrogen (secondary N) is 3. The number of likely N-dealkylation sites (tertiary alicyclic amines) is 1. The molecule has 3 heterocycles. The number of methoxy groups -OCH3 is 1. The van der Waals surface area contributed by atoms with Gasteiger partial charge in [0, 0.05) is 64.6 Å². The molecule has 0 radical (unpaired) electrons. The zero-order valence-electron chi connectivity index (χ0n) is 32.1. The van der Waals surface area contributed by atoms with Gasteiger partial charge in [0.05, 0.1) is 36.6 Å². The summed E-state index contributed by atoms with van der Waals surface area (Å²) >= 11 is 6.47. The predicted molar refractivity (Wildman–Crippen MR) is 213 cm³/mol. The fourth-order valence-corrected chi connectivity index (χ4v) is 7.21. The molecule has 3 aromatic rings. The van der Waals surface area contributed by atoms with Crippen molar-refractivity contribution in [2.24, 2.45) is 5.92 Å².